The summed E-state index contributed by atoms with van der Waals surface area (Å²) in [7, 11) is 1.76. The van der Waals surface area contributed by atoms with Gasteiger partial charge in [-0.15, -0.1) is 0 Å². The van der Waals surface area contributed by atoms with Crippen molar-refractivity contribution in [1.82, 2.24) is 5.17 Å². The standard InChI is InChI=1S/C9H11N3O/c1-12-11-9(6-13-12)7-4-2-3-5-8(7)10/h2-5H,6,10H2,1H3. The summed E-state index contributed by atoms with van der Waals surface area (Å²) in [6, 6.07) is 7.64. The zero-order valence-corrected chi connectivity index (χ0v) is 7.40. The van der Waals surface area contributed by atoms with Gasteiger partial charge in [0.1, 0.15) is 12.3 Å². The molecular weight excluding hydrogens is 166 g/mol. The van der Waals surface area contributed by atoms with E-state index >= 15 is 0 Å². The van der Waals surface area contributed by atoms with E-state index in [2.05, 4.69) is 5.10 Å². The van der Waals surface area contributed by atoms with E-state index in [4.69, 9.17) is 10.6 Å². The summed E-state index contributed by atoms with van der Waals surface area (Å²) in [5.41, 5.74) is 8.35. The Balaban J connectivity index is 2.36. The molecule has 0 saturated carbocycles. The van der Waals surface area contributed by atoms with Crippen LogP contribution >= 0.6 is 0 Å². The summed E-state index contributed by atoms with van der Waals surface area (Å²) in [5.74, 6) is 0. The second-order valence-electron chi connectivity index (χ2n) is 2.87. The summed E-state index contributed by atoms with van der Waals surface area (Å²) in [6.07, 6.45) is 0. The lowest BCUT2D eigenvalue weighted by Crippen LogP contribution is -2.06. The van der Waals surface area contributed by atoms with Crippen LogP contribution in [0, 0.1) is 0 Å². The molecular formula is C9H11N3O. The van der Waals surface area contributed by atoms with E-state index in [0.717, 1.165) is 17.0 Å². The minimum atomic E-state index is 0.491. The quantitative estimate of drug-likeness (QED) is 0.647. The van der Waals surface area contributed by atoms with Crippen LogP contribution in [0.3, 0.4) is 0 Å². The average molecular weight is 177 g/mol. The molecule has 1 aliphatic heterocycles. The fourth-order valence-electron chi connectivity index (χ4n) is 1.27. The van der Waals surface area contributed by atoms with Crippen molar-refractivity contribution >= 4 is 11.4 Å². The maximum Gasteiger partial charge on any atom is 0.121 e. The molecule has 0 saturated heterocycles. The molecule has 0 aliphatic carbocycles. The van der Waals surface area contributed by atoms with Crippen molar-refractivity contribution in [3.05, 3.63) is 29.8 Å². The van der Waals surface area contributed by atoms with Crippen LogP contribution < -0.4 is 5.73 Å². The lowest BCUT2D eigenvalue weighted by molar-refractivity contribution is -0.103. The molecule has 13 heavy (non-hydrogen) atoms. The van der Waals surface area contributed by atoms with Gasteiger partial charge in [0, 0.05) is 11.3 Å². The number of hydroxylamine groups is 1. The highest BCUT2D eigenvalue weighted by atomic mass is 16.7. The SMILES string of the molecule is CN1N=C(c2ccccc2N)CO1. The van der Waals surface area contributed by atoms with Crippen LogP contribution in [0.15, 0.2) is 29.4 Å². The van der Waals surface area contributed by atoms with Crippen LogP contribution in [-0.4, -0.2) is 24.5 Å². The van der Waals surface area contributed by atoms with Crippen LogP contribution in [0.25, 0.3) is 0 Å². The summed E-state index contributed by atoms with van der Waals surface area (Å²) >= 11 is 0. The molecule has 0 bridgehead atoms. The third-order valence-electron chi connectivity index (χ3n) is 1.92. The van der Waals surface area contributed by atoms with Crippen molar-refractivity contribution in [2.45, 2.75) is 0 Å². The first kappa shape index (κ1) is 8.07. The Morgan fingerprint density at radius 3 is 2.85 bits per heavy atom. The Bertz CT molecular complexity index is 348. The average Bonchev–Trinajstić information content (AvgIpc) is 2.53. The fourth-order valence-corrected chi connectivity index (χ4v) is 1.27. The van der Waals surface area contributed by atoms with E-state index in [9.17, 15) is 0 Å². The Hall–Kier alpha value is -1.55. The minimum absolute atomic E-state index is 0.491. The van der Waals surface area contributed by atoms with Crippen molar-refractivity contribution in [2.24, 2.45) is 5.10 Å². The maximum absolute atomic E-state index is 5.79. The van der Waals surface area contributed by atoms with Gasteiger partial charge in [-0.3, -0.25) is 4.84 Å². The molecule has 4 nitrogen and oxygen atoms in total. The normalized spacial score (nSPS) is 16.1. The fraction of sp³-hybridized carbons (Fsp3) is 0.222. The Morgan fingerprint density at radius 1 is 1.46 bits per heavy atom. The lowest BCUT2D eigenvalue weighted by atomic mass is 10.1. The smallest absolute Gasteiger partial charge is 0.121 e. The van der Waals surface area contributed by atoms with Gasteiger partial charge in [0.15, 0.2) is 0 Å². The summed E-state index contributed by atoms with van der Waals surface area (Å²) in [5, 5.41) is 5.61. The van der Waals surface area contributed by atoms with Gasteiger partial charge in [-0.2, -0.15) is 10.3 Å². The highest BCUT2D eigenvalue weighted by molar-refractivity contribution is 6.05. The second kappa shape index (κ2) is 3.06. The predicted molar refractivity (Wildman–Crippen MR) is 51.1 cm³/mol. The Morgan fingerprint density at radius 2 is 2.23 bits per heavy atom. The van der Waals surface area contributed by atoms with Crippen molar-refractivity contribution in [1.29, 1.82) is 0 Å². The van der Waals surface area contributed by atoms with Crippen molar-refractivity contribution < 1.29 is 4.84 Å². The van der Waals surface area contributed by atoms with E-state index in [1.165, 1.54) is 5.17 Å². The molecule has 1 aliphatic rings. The number of nitrogens with two attached hydrogens (primary N) is 1. The van der Waals surface area contributed by atoms with E-state index in [0.29, 0.717) is 6.61 Å². The number of nitrogens with zero attached hydrogens (tertiary/aromatic N) is 2. The molecule has 4 heteroatoms. The molecule has 0 atom stereocenters. The van der Waals surface area contributed by atoms with E-state index in [1.54, 1.807) is 7.05 Å². The van der Waals surface area contributed by atoms with E-state index in [1.807, 2.05) is 24.3 Å². The van der Waals surface area contributed by atoms with Crippen LogP contribution in [0.1, 0.15) is 5.56 Å². The number of benzene rings is 1. The topological polar surface area (TPSA) is 50.8 Å². The summed E-state index contributed by atoms with van der Waals surface area (Å²) < 4.78 is 0. The third-order valence-corrected chi connectivity index (χ3v) is 1.92. The van der Waals surface area contributed by atoms with E-state index < -0.39 is 0 Å². The second-order valence-corrected chi connectivity index (χ2v) is 2.87. The highest BCUT2D eigenvalue weighted by Crippen LogP contribution is 2.15. The first-order valence-electron chi connectivity index (χ1n) is 4.06. The van der Waals surface area contributed by atoms with Crippen molar-refractivity contribution in [3.63, 3.8) is 0 Å². The number of nitrogen functional groups attached to an aromatic ring is 1. The number of hydrogen-bond donors (Lipinski definition) is 1. The van der Waals surface area contributed by atoms with Gasteiger partial charge in [-0.05, 0) is 6.07 Å². The van der Waals surface area contributed by atoms with Crippen molar-refractivity contribution in [2.75, 3.05) is 19.4 Å². The number of para-hydroxylation sites is 1. The van der Waals surface area contributed by atoms with Crippen molar-refractivity contribution in [3.8, 4) is 0 Å². The highest BCUT2D eigenvalue weighted by Gasteiger charge is 2.15. The molecule has 0 spiro atoms. The monoisotopic (exact) mass is 177 g/mol. The molecule has 0 fully saturated rings. The Kier molecular flexibility index (Phi) is 1.90. The zero-order chi connectivity index (χ0) is 9.26. The molecule has 0 amide bonds. The number of anilines is 1. The summed E-state index contributed by atoms with van der Waals surface area (Å²) in [6.45, 7) is 0.491. The maximum atomic E-state index is 5.79. The van der Waals surface area contributed by atoms with Crippen LogP contribution in [0.4, 0.5) is 5.69 Å². The zero-order valence-electron chi connectivity index (χ0n) is 7.40. The number of hydrazone groups is 1. The lowest BCUT2D eigenvalue weighted by Gasteiger charge is -2.01. The number of hydrogen-bond acceptors (Lipinski definition) is 4. The van der Waals surface area contributed by atoms with Gasteiger partial charge in [-0.1, -0.05) is 18.2 Å². The molecule has 2 N–H and O–H groups in total. The van der Waals surface area contributed by atoms with Gasteiger partial charge in [0.25, 0.3) is 0 Å². The first-order valence-corrected chi connectivity index (χ1v) is 4.06. The molecule has 0 aromatic heterocycles. The Labute approximate surface area is 76.6 Å². The van der Waals surface area contributed by atoms with Crippen LogP contribution in [-0.2, 0) is 4.84 Å². The largest absolute Gasteiger partial charge is 0.398 e. The van der Waals surface area contributed by atoms with Crippen LogP contribution in [0.5, 0.6) is 0 Å². The molecule has 2 rings (SSSR count). The molecule has 0 radical (unpaired) electrons. The van der Waals surface area contributed by atoms with Gasteiger partial charge in [0.2, 0.25) is 0 Å². The summed E-state index contributed by atoms with van der Waals surface area (Å²) in [4.78, 5) is 5.15. The van der Waals surface area contributed by atoms with Gasteiger partial charge >= 0.3 is 0 Å². The molecule has 1 aromatic carbocycles. The third kappa shape index (κ3) is 1.48. The van der Waals surface area contributed by atoms with Gasteiger partial charge in [0.05, 0.1) is 7.05 Å². The molecule has 1 heterocycles. The molecule has 0 unspecified atom stereocenters. The van der Waals surface area contributed by atoms with Gasteiger partial charge < -0.3 is 5.73 Å². The predicted octanol–water partition coefficient (Wildman–Crippen LogP) is 0.850. The molecule has 68 valence electrons. The molecule has 1 aromatic rings. The number of rotatable bonds is 1. The van der Waals surface area contributed by atoms with Crippen LogP contribution in [0.2, 0.25) is 0 Å². The van der Waals surface area contributed by atoms with E-state index in [-0.39, 0.29) is 0 Å². The van der Waals surface area contributed by atoms with Gasteiger partial charge in [-0.25, -0.2) is 0 Å². The first-order chi connectivity index (χ1) is 6.27. The minimum Gasteiger partial charge on any atom is -0.398 e.